The van der Waals surface area contributed by atoms with E-state index in [0.29, 0.717) is 11.4 Å². The van der Waals surface area contributed by atoms with Crippen LogP contribution in [0.1, 0.15) is 36.6 Å². The van der Waals surface area contributed by atoms with Crippen molar-refractivity contribution < 1.29 is 17.9 Å². The van der Waals surface area contributed by atoms with Gasteiger partial charge in [-0.2, -0.15) is 0 Å². The Bertz CT molecular complexity index is 1240. The standard InChI is InChI=1S/C26H28N2O4S/c1-4-20-11-13-21(14-12-20)19(3)27-26(29)25-17-28(23-7-5-6-8-24(23)32-25)33(30,31)22-15-9-18(2)10-16-22/h5-16,19,25H,4,17H2,1-3H3,(H,27,29). The van der Waals surface area contributed by atoms with E-state index >= 15 is 0 Å². The van der Waals surface area contributed by atoms with Crippen LogP contribution in [0.3, 0.4) is 0 Å². The number of nitrogens with zero attached hydrogens (tertiary/aromatic N) is 1. The van der Waals surface area contributed by atoms with E-state index in [2.05, 4.69) is 12.2 Å². The van der Waals surface area contributed by atoms with Crippen LogP contribution in [0, 0.1) is 6.92 Å². The second-order valence-corrected chi connectivity index (χ2v) is 10.1. The van der Waals surface area contributed by atoms with Gasteiger partial charge in [0.05, 0.1) is 23.2 Å². The number of anilines is 1. The monoisotopic (exact) mass is 464 g/mol. The Labute approximate surface area is 195 Å². The van der Waals surface area contributed by atoms with Crippen molar-refractivity contribution in [3.63, 3.8) is 0 Å². The van der Waals surface area contributed by atoms with Crippen LogP contribution in [-0.4, -0.2) is 27.0 Å². The molecule has 3 aromatic rings. The number of carbonyl (C=O) groups excluding carboxylic acids is 1. The summed E-state index contributed by atoms with van der Waals surface area (Å²) >= 11 is 0. The maximum atomic E-state index is 13.5. The van der Waals surface area contributed by atoms with Crippen LogP contribution < -0.4 is 14.4 Å². The largest absolute Gasteiger partial charge is 0.476 e. The minimum absolute atomic E-state index is 0.111. The third-order valence-corrected chi connectivity index (χ3v) is 7.68. The van der Waals surface area contributed by atoms with E-state index in [1.54, 1.807) is 48.5 Å². The van der Waals surface area contributed by atoms with Crippen LogP contribution >= 0.6 is 0 Å². The maximum Gasteiger partial charge on any atom is 0.264 e. The van der Waals surface area contributed by atoms with E-state index in [4.69, 9.17) is 4.74 Å². The van der Waals surface area contributed by atoms with Crippen molar-refractivity contribution in [3.8, 4) is 5.75 Å². The van der Waals surface area contributed by atoms with Gasteiger partial charge in [0.1, 0.15) is 5.75 Å². The molecule has 6 nitrogen and oxygen atoms in total. The highest BCUT2D eigenvalue weighted by Crippen LogP contribution is 2.37. The van der Waals surface area contributed by atoms with Crippen molar-refractivity contribution in [3.05, 3.63) is 89.5 Å². The molecule has 0 fully saturated rings. The Kier molecular flexibility index (Phi) is 6.42. The number of hydrogen-bond donors (Lipinski definition) is 1. The quantitative estimate of drug-likeness (QED) is 0.587. The Balaban J connectivity index is 1.59. The summed E-state index contributed by atoms with van der Waals surface area (Å²) < 4.78 is 34.1. The molecule has 7 heteroatoms. The predicted octanol–water partition coefficient (Wildman–Crippen LogP) is 4.39. The van der Waals surface area contributed by atoms with E-state index in [1.807, 2.05) is 38.1 Å². The number of carbonyl (C=O) groups is 1. The minimum atomic E-state index is -3.87. The van der Waals surface area contributed by atoms with Gasteiger partial charge in [0.25, 0.3) is 15.9 Å². The Morgan fingerprint density at radius 2 is 1.73 bits per heavy atom. The van der Waals surface area contributed by atoms with Crippen molar-refractivity contribution in [2.45, 2.75) is 44.2 Å². The predicted molar refractivity (Wildman–Crippen MR) is 129 cm³/mol. The van der Waals surface area contributed by atoms with Gasteiger partial charge >= 0.3 is 0 Å². The Morgan fingerprint density at radius 1 is 1.06 bits per heavy atom. The highest BCUT2D eigenvalue weighted by molar-refractivity contribution is 7.92. The van der Waals surface area contributed by atoms with Crippen LogP contribution in [-0.2, 0) is 21.2 Å². The van der Waals surface area contributed by atoms with Gasteiger partial charge in [0.2, 0.25) is 0 Å². The van der Waals surface area contributed by atoms with Crippen molar-refractivity contribution in [2.75, 3.05) is 10.8 Å². The summed E-state index contributed by atoms with van der Waals surface area (Å²) in [5.74, 6) is 0.000200. The number of aryl methyl sites for hydroxylation is 2. The summed E-state index contributed by atoms with van der Waals surface area (Å²) in [6.45, 7) is 5.78. The van der Waals surface area contributed by atoms with Crippen LogP contribution in [0.15, 0.2) is 77.7 Å². The van der Waals surface area contributed by atoms with Crippen LogP contribution in [0.25, 0.3) is 0 Å². The molecule has 4 rings (SSSR count). The molecule has 2 atom stereocenters. The normalized spacial score (nSPS) is 16.5. The SMILES string of the molecule is CCc1ccc(C(C)NC(=O)C2CN(S(=O)(=O)c3ccc(C)cc3)c3ccccc3O2)cc1. The maximum absolute atomic E-state index is 13.5. The lowest BCUT2D eigenvalue weighted by Gasteiger charge is -2.35. The Hall–Kier alpha value is -3.32. The minimum Gasteiger partial charge on any atom is -0.476 e. The zero-order valence-electron chi connectivity index (χ0n) is 19.0. The molecule has 0 radical (unpaired) electrons. The van der Waals surface area contributed by atoms with E-state index < -0.39 is 16.1 Å². The van der Waals surface area contributed by atoms with Gasteiger partial charge in [-0.15, -0.1) is 0 Å². The van der Waals surface area contributed by atoms with Crippen LogP contribution in [0.4, 0.5) is 5.69 Å². The average molecular weight is 465 g/mol. The van der Waals surface area contributed by atoms with E-state index in [-0.39, 0.29) is 23.4 Å². The number of hydrogen-bond acceptors (Lipinski definition) is 4. The number of fused-ring (bicyclic) bond motifs is 1. The molecule has 33 heavy (non-hydrogen) atoms. The van der Waals surface area contributed by atoms with Gasteiger partial charge in [-0.25, -0.2) is 8.42 Å². The van der Waals surface area contributed by atoms with Gasteiger partial charge in [-0.3, -0.25) is 9.10 Å². The van der Waals surface area contributed by atoms with Gasteiger partial charge in [0.15, 0.2) is 6.10 Å². The lowest BCUT2D eigenvalue weighted by molar-refractivity contribution is -0.128. The molecule has 172 valence electrons. The summed E-state index contributed by atoms with van der Waals surface area (Å²) in [5, 5.41) is 2.97. The van der Waals surface area contributed by atoms with Crippen molar-refractivity contribution in [1.82, 2.24) is 5.32 Å². The third-order valence-electron chi connectivity index (χ3n) is 5.88. The first-order valence-corrected chi connectivity index (χ1v) is 12.5. The van der Waals surface area contributed by atoms with Gasteiger partial charge < -0.3 is 10.1 Å². The highest BCUT2D eigenvalue weighted by Gasteiger charge is 2.37. The summed E-state index contributed by atoms with van der Waals surface area (Å²) in [5.41, 5.74) is 3.59. The average Bonchev–Trinajstić information content (AvgIpc) is 2.83. The van der Waals surface area contributed by atoms with Gasteiger partial charge in [-0.1, -0.05) is 61.0 Å². The first kappa shape index (κ1) is 22.9. The van der Waals surface area contributed by atoms with Gasteiger partial charge in [0, 0.05) is 0 Å². The summed E-state index contributed by atoms with van der Waals surface area (Å²) in [7, 11) is -3.87. The zero-order valence-corrected chi connectivity index (χ0v) is 19.8. The molecular formula is C26H28N2O4S. The molecule has 1 aliphatic heterocycles. The third kappa shape index (κ3) is 4.73. The first-order chi connectivity index (χ1) is 15.8. The fourth-order valence-electron chi connectivity index (χ4n) is 3.84. The number of sulfonamides is 1. The molecule has 1 heterocycles. The van der Waals surface area contributed by atoms with Crippen molar-refractivity contribution in [2.24, 2.45) is 0 Å². The molecule has 1 amide bonds. The lowest BCUT2D eigenvalue weighted by atomic mass is 10.0. The lowest BCUT2D eigenvalue weighted by Crippen LogP contribution is -2.51. The summed E-state index contributed by atoms with van der Waals surface area (Å²) in [6, 6.07) is 21.4. The number of amides is 1. The molecule has 1 aliphatic rings. The zero-order chi connectivity index (χ0) is 23.6. The molecular weight excluding hydrogens is 436 g/mol. The summed E-state index contributed by atoms with van der Waals surface area (Å²) in [4.78, 5) is 13.3. The van der Waals surface area contributed by atoms with Crippen molar-refractivity contribution >= 4 is 21.6 Å². The van der Waals surface area contributed by atoms with Crippen LogP contribution in [0.2, 0.25) is 0 Å². The van der Waals surface area contributed by atoms with Crippen molar-refractivity contribution in [1.29, 1.82) is 0 Å². The second-order valence-electron chi connectivity index (χ2n) is 8.25. The molecule has 0 saturated carbocycles. The summed E-state index contributed by atoms with van der Waals surface area (Å²) in [6.07, 6.45) is -0.0285. The molecule has 1 N–H and O–H groups in total. The van der Waals surface area contributed by atoms with E-state index in [0.717, 1.165) is 17.5 Å². The number of para-hydroxylation sites is 2. The van der Waals surface area contributed by atoms with E-state index in [1.165, 1.54) is 9.87 Å². The molecule has 0 aliphatic carbocycles. The fraction of sp³-hybridized carbons (Fsp3) is 0.269. The molecule has 2 unspecified atom stereocenters. The first-order valence-electron chi connectivity index (χ1n) is 11.0. The molecule has 0 aromatic heterocycles. The highest BCUT2D eigenvalue weighted by atomic mass is 32.2. The van der Waals surface area contributed by atoms with E-state index in [9.17, 15) is 13.2 Å². The number of ether oxygens (including phenoxy) is 1. The molecule has 0 bridgehead atoms. The second kappa shape index (κ2) is 9.27. The topological polar surface area (TPSA) is 75.7 Å². The van der Waals surface area contributed by atoms with Gasteiger partial charge in [-0.05, 0) is 55.7 Å². The van der Waals surface area contributed by atoms with Crippen LogP contribution in [0.5, 0.6) is 5.75 Å². The fourth-order valence-corrected chi connectivity index (χ4v) is 5.31. The molecule has 0 spiro atoms. The smallest absolute Gasteiger partial charge is 0.264 e. The molecule has 0 saturated heterocycles. The molecule has 3 aromatic carbocycles. The Morgan fingerprint density at radius 3 is 2.39 bits per heavy atom. The number of benzene rings is 3. The number of nitrogens with one attached hydrogen (secondary N) is 1. The number of rotatable bonds is 6.